The van der Waals surface area contributed by atoms with Crippen LogP contribution in [0.2, 0.25) is 0 Å². The summed E-state index contributed by atoms with van der Waals surface area (Å²) in [5.74, 6) is -0.746. The van der Waals surface area contributed by atoms with Crippen LogP contribution in [-0.2, 0) is 4.89 Å². The zero-order valence-corrected chi connectivity index (χ0v) is 4.37. The fraction of sp³-hybridized carbons (Fsp3) is 0.333. The molecule has 0 aliphatic rings. The van der Waals surface area contributed by atoms with Crippen LogP contribution in [0.25, 0.3) is 0 Å². The number of hydrogen-bond donors (Lipinski definition) is 1. The van der Waals surface area contributed by atoms with E-state index in [4.69, 9.17) is 16.9 Å². The Morgan fingerprint density at radius 2 is 2.29 bits per heavy atom. The first-order valence-corrected chi connectivity index (χ1v) is 1.89. The topological polar surface area (TPSA) is 29.5 Å². The molecule has 1 N–H and O–H groups in total. The summed E-state index contributed by atoms with van der Waals surface area (Å²) in [7, 11) is 0. The zero-order chi connectivity index (χ0) is 5.86. The second-order valence-corrected chi connectivity index (χ2v) is 1.24. The zero-order valence-electron chi connectivity index (χ0n) is 3.61. The molecular formula is C3H4ClFO2. The summed E-state index contributed by atoms with van der Waals surface area (Å²) in [5.41, 5.74) is 0. The predicted molar refractivity (Wildman–Crippen MR) is 23.4 cm³/mol. The van der Waals surface area contributed by atoms with Gasteiger partial charge in [0.15, 0.2) is 5.83 Å². The van der Waals surface area contributed by atoms with Crippen molar-refractivity contribution < 1.29 is 14.5 Å². The van der Waals surface area contributed by atoms with Gasteiger partial charge in [0.1, 0.15) is 0 Å². The molecule has 42 valence electrons. The van der Waals surface area contributed by atoms with Gasteiger partial charge < -0.3 is 4.89 Å². The lowest BCUT2D eigenvalue weighted by molar-refractivity contribution is -0.195. The molecule has 0 saturated carbocycles. The third-order valence-corrected chi connectivity index (χ3v) is 0.680. The fourth-order valence-corrected chi connectivity index (χ4v) is 0.0629. The van der Waals surface area contributed by atoms with E-state index in [9.17, 15) is 4.39 Å². The van der Waals surface area contributed by atoms with Gasteiger partial charge in [-0.3, -0.25) is 0 Å². The summed E-state index contributed by atoms with van der Waals surface area (Å²) in [6.45, 7) is 1.07. The third-order valence-electron chi connectivity index (χ3n) is 0.351. The molecule has 0 spiro atoms. The first kappa shape index (κ1) is 6.72. The maximum atomic E-state index is 11.6. The lowest BCUT2D eigenvalue weighted by Crippen LogP contribution is -1.76. The molecule has 7 heavy (non-hydrogen) atoms. The summed E-state index contributed by atoms with van der Waals surface area (Å²) >= 11 is 4.83. The average molecular weight is 127 g/mol. The molecule has 0 aromatic heterocycles. The van der Waals surface area contributed by atoms with Gasteiger partial charge >= 0.3 is 0 Å². The summed E-state index contributed by atoms with van der Waals surface area (Å²) < 4.78 is 11.6. The molecule has 0 aromatic rings. The summed E-state index contributed by atoms with van der Waals surface area (Å²) in [5, 5.41) is 6.95. The molecule has 0 rings (SSSR count). The molecule has 0 radical (unpaired) electrons. The monoisotopic (exact) mass is 126 g/mol. The highest BCUT2D eigenvalue weighted by Crippen LogP contribution is 2.08. The van der Waals surface area contributed by atoms with Crippen molar-refractivity contribution in [1.29, 1.82) is 0 Å². The molecule has 0 atom stereocenters. The lowest BCUT2D eigenvalue weighted by Gasteiger charge is -1.88. The van der Waals surface area contributed by atoms with E-state index < -0.39 is 11.0 Å². The normalized spacial score (nSPS) is 13.1. The Morgan fingerprint density at radius 3 is 2.29 bits per heavy atom. The van der Waals surface area contributed by atoms with Gasteiger partial charge in [0, 0.05) is 0 Å². The Balaban J connectivity index is 3.72. The van der Waals surface area contributed by atoms with Gasteiger partial charge in [-0.1, -0.05) is 0 Å². The first-order chi connectivity index (χ1) is 3.18. The van der Waals surface area contributed by atoms with Gasteiger partial charge in [-0.2, -0.15) is 0 Å². The number of halogens is 2. The van der Waals surface area contributed by atoms with E-state index in [1.807, 2.05) is 0 Å². The Hall–Kier alpha value is -0.280. The van der Waals surface area contributed by atoms with Crippen molar-refractivity contribution in [2.45, 2.75) is 6.92 Å². The largest absolute Gasteiger partial charge is 0.325 e. The minimum Gasteiger partial charge on any atom is -0.325 e. The van der Waals surface area contributed by atoms with E-state index >= 15 is 0 Å². The van der Waals surface area contributed by atoms with Crippen LogP contribution in [0.1, 0.15) is 6.92 Å². The van der Waals surface area contributed by atoms with Crippen molar-refractivity contribution in [2.24, 2.45) is 0 Å². The quantitative estimate of drug-likeness (QED) is 0.330. The highest BCUT2D eigenvalue weighted by molar-refractivity contribution is 6.28. The first-order valence-electron chi connectivity index (χ1n) is 1.51. The molecule has 4 heteroatoms. The van der Waals surface area contributed by atoms with Crippen LogP contribution < -0.4 is 0 Å². The molecule has 0 aromatic carbocycles. The highest BCUT2D eigenvalue weighted by Gasteiger charge is 1.94. The molecule has 0 bridgehead atoms. The lowest BCUT2D eigenvalue weighted by atomic mass is 10.7. The van der Waals surface area contributed by atoms with Crippen molar-refractivity contribution in [2.75, 3.05) is 0 Å². The molecule has 0 unspecified atom stereocenters. The van der Waals surface area contributed by atoms with Crippen LogP contribution in [-0.4, -0.2) is 5.26 Å². The van der Waals surface area contributed by atoms with E-state index in [1.54, 1.807) is 0 Å². The minimum atomic E-state index is -0.746. The maximum absolute atomic E-state index is 11.6. The van der Waals surface area contributed by atoms with E-state index in [0.29, 0.717) is 0 Å². The summed E-state index contributed by atoms with van der Waals surface area (Å²) in [6, 6.07) is 0. The van der Waals surface area contributed by atoms with E-state index in [-0.39, 0.29) is 0 Å². The Bertz CT molecular complexity index is 86.9. The van der Waals surface area contributed by atoms with Gasteiger partial charge in [0.05, 0.1) is 0 Å². The van der Waals surface area contributed by atoms with Crippen LogP contribution in [0.3, 0.4) is 0 Å². The van der Waals surface area contributed by atoms with Crippen LogP contribution in [0, 0.1) is 0 Å². The maximum Gasteiger partial charge on any atom is 0.262 e. The predicted octanol–water partition coefficient (Wildman–Crippen LogP) is 1.87. The Labute approximate surface area is 45.1 Å². The van der Waals surface area contributed by atoms with Gasteiger partial charge in [-0.15, -0.1) is 0 Å². The SMILES string of the molecule is C/C(F)=C(/Cl)OO. The molecule has 0 saturated heterocycles. The Morgan fingerprint density at radius 1 is 1.86 bits per heavy atom. The number of hydrogen-bond acceptors (Lipinski definition) is 2. The van der Waals surface area contributed by atoms with Crippen molar-refractivity contribution in [3.63, 3.8) is 0 Å². The van der Waals surface area contributed by atoms with Crippen LogP contribution in [0.5, 0.6) is 0 Å². The van der Waals surface area contributed by atoms with Crippen LogP contribution >= 0.6 is 11.6 Å². The summed E-state index contributed by atoms with van der Waals surface area (Å²) in [4.78, 5) is 3.28. The molecule has 0 aliphatic heterocycles. The van der Waals surface area contributed by atoms with Gasteiger partial charge in [-0.05, 0) is 18.5 Å². The molecular weight excluding hydrogens is 122 g/mol. The third kappa shape index (κ3) is 2.42. The molecule has 0 fully saturated rings. The fourth-order valence-electron chi connectivity index (χ4n) is 0.0629. The van der Waals surface area contributed by atoms with Gasteiger partial charge in [0.25, 0.3) is 5.22 Å². The summed E-state index contributed by atoms with van der Waals surface area (Å²) in [6.07, 6.45) is 0. The molecule has 2 nitrogen and oxygen atoms in total. The standard InChI is InChI=1S/C3H4ClFO2/c1-2(5)3(4)7-6/h6H,1H3/b3-2+. The van der Waals surface area contributed by atoms with Crippen molar-refractivity contribution in [3.05, 3.63) is 11.0 Å². The molecule has 0 aliphatic carbocycles. The van der Waals surface area contributed by atoms with Crippen molar-refractivity contribution in [3.8, 4) is 0 Å². The van der Waals surface area contributed by atoms with E-state index in [1.165, 1.54) is 0 Å². The number of allylic oxidation sites excluding steroid dienone is 1. The smallest absolute Gasteiger partial charge is 0.262 e. The minimum absolute atomic E-state index is 0.625. The van der Waals surface area contributed by atoms with Gasteiger partial charge in [0.2, 0.25) is 0 Å². The van der Waals surface area contributed by atoms with Crippen LogP contribution in [0.15, 0.2) is 11.0 Å². The second kappa shape index (κ2) is 2.82. The number of rotatable bonds is 1. The van der Waals surface area contributed by atoms with Gasteiger partial charge in [-0.25, -0.2) is 9.65 Å². The highest BCUT2D eigenvalue weighted by atomic mass is 35.5. The molecule has 0 heterocycles. The molecule has 0 amide bonds. The van der Waals surface area contributed by atoms with E-state index in [0.717, 1.165) is 6.92 Å². The van der Waals surface area contributed by atoms with E-state index in [2.05, 4.69) is 4.89 Å². The van der Waals surface area contributed by atoms with Crippen molar-refractivity contribution in [1.82, 2.24) is 0 Å². The second-order valence-electron chi connectivity index (χ2n) is 0.898. The van der Waals surface area contributed by atoms with Crippen molar-refractivity contribution >= 4 is 11.6 Å². The van der Waals surface area contributed by atoms with Crippen LogP contribution in [0.4, 0.5) is 4.39 Å². The Kier molecular flexibility index (Phi) is 2.71. The average Bonchev–Trinajstić information content (AvgIpc) is 1.65.